The number of halogens is 2. The zero-order chi connectivity index (χ0) is 16.6. The maximum atomic E-state index is 12.4. The third kappa shape index (κ3) is 3.18. The molecule has 1 amide bonds. The van der Waals surface area contributed by atoms with Gasteiger partial charge in [-0.2, -0.15) is 5.10 Å². The zero-order valence-electron chi connectivity index (χ0n) is 11.9. The van der Waals surface area contributed by atoms with Crippen molar-refractivity contribution in [2.24, 2.45) is 5.92 Å². The van der Waals surface area contributed by atoms with Crippen LogP contribution in [0.4, 0.5) is 0 Å². The highest BCUT2D eigenvalue weighted by Crippen LogP contribution is 2.24. The van der Waals surface area contributed by atoms with Crippen molar-refractivity contribution in [1.29, 1.82) is 0 Å². The molecule has 1 aromatic heterocycles. The lowest BCUT2D eigenvalue weighted by molar-refractivity contribution is -0.141. The third-order valence-electron chi connectivity index (χ3n) is 3.80. The van der Waals surface area contributed by atoms with Gasteiger partial charge in [-0.15, -0.1) is 0 Å². The largest absolute Gasteiger partial charge is 0.481 e. The smallest absolute Gasteiger partial charge is 0.308 e. The van der Waals surface area contributed by atoms with Crippen LogP contribution >= 0.6 is 23.2 Å². The highest BCUT2D eigenvalue weighted by molar-refractivity contribution is 6.42. The van der Waals surface area contributed by atoms with Gasteiger partial charge in [-0.05, 0) is 30.7 Å². The molecule has 6 nitrogen and oxygen atoms in total. The predicted octanol–water partition coefficient (Wildman–Crippen LogP) is 2.73. The zero-order valence-corrected chi connectivity index (χ0v) is 13.5. The molecule has 1 N–H and O–H groups in total. The van der Waals surface area contributed by atoms with E-state index in [2.05, 4.69) is 5.10 Å². The minimum atomic E-state index is -0.873. The van der Waals surface area contributed by atoms with Crippen molar-refractivity contribution >= 4 is 35.1 Å². The number of likely N-dealkylation sites (tertiary alicyclic amines) is 1. The molecule has 0 radical (unpaired) electrons. The van der Waals surface area contributed by atoms with Crippen LogP contribution in [-0.4, -0.2) is 44.8 Å². The SMILES string of the molecule is O=C(O)[C@H]1CCN(C(=O)c2ccn(-c3ccc(Cl)c(Cl)c3)n2)C1. The summed E-state index contributed by atoms with van der Waals surface area (Å²) in [4.78, 5) is 24.9. The minimum Gasteiger partial charge on any atom is -0.481 e. The van der Waals surface area contributed by atoms with Crippen molar-refractivity contribution in [2.75, 3.05) is 13.1 Å². The van der Waals surface area contributed by atoms with Crippen LogP contribution in [0.2, 0.25) is 10.0 Å². The van der Waals surface area contributed by atoms with Gasteiger partial charge in [0.1, 0.15) is 0 Å². The lowest BCUT2D eigenvalue weighted by Gasteiger charge is -2.13. The quantitative estimate of drug-likeness (QED) is 0.920. The minimum absolute atomic E-state index is 0.216. The summed E-state index contributed by atoms with van der Waals surface area (Å²) in [6.45, 7) is 0.642. The highest BCUT2D eigenvalue weighted by atomic mass is 35.5. The van der Waals surface area contributed by atoms with Crippen LogP contribution in [0.1, 0.15) is 16.9 Å². The predicted molar refractivity (Wildman–Crippen MR) is 85.2 cm³/mol. The summed E-state index contributed by atoms with van der Waals surface area (Å²) in [5.41, 5.74) is 0.949. The summed E-state index contributed by atoms with van der Waals surface area (Å²) < 4.78 is 1.53. The molecule has 8 heteroatoms. The van der Waals surface area contributed by atoms with Crippen molar-refractivity contribution in [3.63, 3.8) is 0 Å². The first kappa shape index (κ1) is 15.8. The molecule has 2 heterocycles. The number of carboxylic acids is 1. The van der Waals surface area contributed by atoms with E-state index in [0.29, 0.717) is 28.7 Å². The van der Waals surface area contributed by atoms with E-state index in [0.717, 1.165) is 0 Å². The molecule has 1 saturated heterocycles. The number of hydrogen-bond donors (Lipinski definition) is 1. The summed E-state index contributed by atoms with van der Waals surface area (Å²) in [5.74, 6) is -1.65. The topological polar surface area (TPSA) is 75.4 Å². The lowest BCUT2D eigenvalue weighted by atomic mass is 10.1. The van der Waals surface area contributed by atoms with Gasteiger partial charge in [0.25, 0.3) is 5.91 Å². The summed E-state index contributed by atoms with van der Waals surface area (Å²) >= 11 is 11.9. The van der Waals surface area contributed by atoms with E-state index in [1.165, 1.54) is 9.58 Å². The van der Waals surface area contributed by atoms with Crippen LogP contribution < -0.4 is 0 Å². The fourth-order valence-corrected chi connectivity index (χ4v) is 2.81. The fraction of sp³-hybridized carbons (Fsp3) is 0.267. The van der Waals surface area contributed by atoms with E-state index in [9.17, 15) is 9.59 Å². The standard InChI is InChI=1S/C15H13Cl2N3O3/c16-11-2-1-10(7-12(11)17)20-6-4-13(18-20)14(21)19-5-3-9(8-19)15(22)23/h1-2,4,6-7,9H,3,5,8H2,(H,22,23)/t9-/m0/s1. The van der Waals surface area contributed by atoms with E-state index >= 15 is 0 Å². The van der Waals surface area contributed by atoms with Gasteiger partial charge in [0.05, 0.1) is 21.7 Å². The van der Waals surface area contributed by atoms with Gasteiger partial charge in [0.15, 0.2) is 5.69 Å². The van der Waals surface area contributed by atoms with Gasteiger partial charge in [0.2, 0.25) is 0 Å². The Morgan fingerprint density at radius 3 is 2.65 bits per heavy atom. The third-order valence-corrected chi connectivity index (χ3v) is 4.54. The molecule has 23 heavy (non-hydrogen) atoms. The first-order valence-electron chi connectivity index (χ1n) is 6.99. The number of nitrogens with zero attached hydrogens (tertiary/aromatic N) is 3. The van der Waals surface area contributed by atoms with Crippen molar-refractivity contribution in [2.45, 2.75) is 6.42 Å². The Labute approximate surface area is 142 Å². The first-order chi connectivity index (χ1) is 11.0. The normalized spacial score (nSPS) is 17.5. The monoisotopic (exact) mass is 353 g/mol. The molecule has 0 bridgehead atoms. The van der Waals surface area contributed by atoms with Gasteiger partial charge in [-0.3, -0.25) is 9.59 Å². The molecule has 1 fully saturated rings. The van der Waals surface area contributed by atoms with E-state index in [4.69, 9.17) is 28.3 Å². The average molecular weight is 354 g/mol. The molecule has 1 atom stereocenters. The van der Waals surface area contributed by atoms with Crippen LogP contribution in [0.3, 0.4) is 0 Å². The number of hydrogen-bond acceptors (Lipinski definition) is 3. The first-order valence-corrected chi connectivity index (χ1v) is 7.74. The van der Waals surface area contributed by atoms with Gasteiger partial charge in [0, 0.05) is 19.3 Å². The summed E-state index contributed by atoms with van der Waals surface area (Å²) in [6.07, 6.45) is 2.12. The molecular weight excluding hydrogens is 341 g/mol. The number of carboxylic acid groups (broad SMARTS) is 1. The summed E-state index contributed by atoms with van der Waals surface area (Å²) in [6, 6.07) is 6.65. The van der Waals surface area contributed by atoms with Gasteiger partial charge in [-0.25, -0.2) is 4.68 Å². The van der Waals surface area contributed by atoms with Crippen LogP contribution in [0.15, 0.2) is 30.5 Å². The summed E-state index contributed by atoms with van der Waals surface area (Å²) in [5, 5.41) is 14.1. The Morgan fingerprint density at radius 1 is 1.22 bits per heavy atom. The Bertz CT molecular complexity index is 775. The Kier molecular flexibility index (Phi) is 4.28. The maximum Gasteiger partial charge on any atom is 0.308 e. The maximum absolute atomic E-state index is 12.4. The highest BCUT2D eigenvalue weighted by Gasteiger charge is 2.32. The van der Waals surface area contributed by atoms with Gasteiger partial charge < -0.3 is 10.0 Å². The number of benzene rings is 1. The van der Waals surface area contributed by atoms with E-state index in [-0.39, 0.29) is 18.1 Å². The molecule has 0 spiro atoms. The Hall–Kier alpha value is -2.05. The van der Waals surface area contributed by atoms with Crippen LogP contribution in [-0.2, 0) is 4.79 Å². The van der Waals surface area contributed by atoms with Crippen LogP contribution in [0, 0.1) is 5.92 Å². The Morgan fingerprint density at radius 2 is 2.00 bits per heavy atom. The van der Waals surface area contributed by atoms with Gasteiger partial charge in [-0.1, -0.05) is 23.2 Å². The van der Waals surface area contributed by atoms with E-state index in [1.807, 2.05) is 0 Å². The second-order valence-corrected chi connectivity index (χ2v) is 6.13. The van der Waals surface area contributed by atoms with E-state index < -0.39 is 11.9 Å². The second-order valence-electron chi connectivity index (χ2n) is 5.32. The van der Waals surface area contributed by atoms with Crippen molar-refractivity contribution < 1.29 is 14.7 Å². The lowest BCUT2D eigenvalue weighted by Crippen LogP contribution is -2.30. The van der Waals surface area contributed by atoms with Crippen LogP contribution in [0.5, 0.6) is 0 Å². The molecule has 2 aromatic rings. The number of carbonyl (C=O) groups excluding carboxylic acids is 1. The second kappa shape index (κ2) is 6.22. The number of aliphatic carboxylic acids is 1. The van der Waals surface area contributed by atoms with Crippen molar-refractivity contribution in [3.05, 3.63) is 46.2 Å². The summed E-state index contributed by atoms with van der Waals surface area (Å²) in [7, 11) is 0. The molecule has 0 unspecified atom stereocenters. The van der Waals surface area contributed by atoms with Crippen molar-refractivity contribution in [3.8, 4) is 5.69 Å². The molecule has 120 valence electrons. The molecule has 1 aliphatic heterocycles. The molecule has 0 aliphatic carbocycles. The molecular formula is C15H13Cl2N3O3. The number of carbonyl (C=O) groups is 2. The molecule has 1 aromatic carbocycles. The molecule has 0 saturated carbocycles. The molecule has 3 rings (SSSR count). The number of rotatable bonds is 3. The Balaban J connectivity index is 1.78. The number of amides is 1. The number of aromatic nitrogens is 2. The average Bonchev–Trinajstić information content (AvgIpc) is 3.18. The van der Waals surface area contributed by atoms with E-state index in [1.54, 1.807) is 30.5 Å². The van der Waals surface area contributed by atoms with Gasteiger partial charge >= 0.3 is 5.97 Å². The van der Waals surface area contributed by atoms with Crippen molar-refractivity contribution in [1.82, 2.24) is 14.7 Å². The fourth-order valence-electron chi connectivity index (χ4n) is 2.52. The van der Waals surface area contributed by atoms with Crippen LogP contribution in [0.25, 0.3) is 5.69 Å². The molecule has 1 aliphatic rings.